The molecule has 0 aromatic carbocycles. The van der Waals surface area contributed by atoms with Crippen molar-refractivity contribution in [2.45, 2.75) is 50.6 Å². The third-order valence-electron chi connectivity index (χ3n) is 3.83. The van der Waals surface area contributed by atoms with Crippen molar-refractivity contribution in [3.8, 4) is 0 Å². The number of nitrogens with one attached hydrogen (secondary N) is 2. The minimum atomic E-state index is -3.40. The van der Waals surface area contributed by atoms with Crippen molar-refractivity contribution in [3.05, 3.63) is 16.3 Å². The first-order valence-corrected chi connectivity index (χ1v) is 9.52. The SMILES string of the molecule is CNCc1sccc1S(=O)(=O)NC1CC(C)CC(C)C1. The molecule has 0 amide bonds. The molecule has 1 fully saturated rings. The minimum Gasteiger partial charge on any atom is -0.315 e. The molecule has 1 aromatic heterocycles. The molecule has 1 aromatic rings. The lowest BCUT2D eigenvalue weighted by atomic mass is 9.81. The van der Waals surface area contributed by atoms with Crippen LogP contribution in [0.15, 0.2) is 16.3 Å². The van der Waals surface area contributed by atoms with Crippen molar-refractivity contribution in [3.63, 3.8) is 0 Å². The van der Waals surface area contributed by atoms with Crippen LogP contribution in [0.4, 0.5) is 0 Å². The zero-order chi connectivity index (χ0) is 14.8. The fourth-order valence-corrected chi connectivity index (χ4v) is 5.90. The number of hydrogen-bond acceptors (Lipinski definition) is 4. The van der Waals surface area contributed by atoms with Gasteiger partial charge >= 0.3 is 0 Å². The van der Waals surface area contributed by atoms with Crippen LogP contribution in [0.2, 0.25) is 0 Å². The lowest BCUT2D eigenvalue weighted by molar-refractivity contribution is 0.257. The van der Waals surface area contributed by atoms with Gasteiger partial charge in [-0.15, -0.1) is 11.3 Å². The highest BCUT2D eigenvalue weighted by Crippen LogP contribution is 2.30. The summed E-state index contributed by atoms with van der Waals surface area (Å²) in [6.07, 6.45) is 3.08. The predicted molar refractivity (Wildman–Crippen MR) is 83.4 cm³/mol. The Hall–Kier alpha value is -0.430. The molecule has 1 heterocycles. The molecule has 0 spiro atoms. The third-order valence-corrected chi connectivity index (χ3v) is 6.49. The Morgan fingerprint density at radius 1 is 1.25 bits per heavy atom. The van der Waals surface area contributed by atoms with Crippen molar-refractivity contribution in [1.29, 1.82) is 0 Å². The highest BCUT2D eigenvalue weighted by molar-refractivity contribution is 7.89. The first kappa shape index (κ1) is 15.9. The molecule has 2 N–H and O–H groups in total. The maximum atomic E-state index is 12.5. The Morgan fingerprint density at radius 2 is 1.90 bits per heavy atom. The first-order chi connectivity index (χ1) is 9.42. The second kappa shape index (κ2) is 6.56. The number of hydrogen-bond donors (Lipinski definition) is 2. The molecule has 1 saturated carbocycles. The van der Waals surface area contributed by atoms with Crippen molar-refractivity contribution in [1.82, 2.24) is 10.0 Å². The van der Waals surface area contributed by atoms with E-state index in [2.05, 4.69) is 23.9 Å². The number of sulfonamides is 1. The van der Waals surface area contributed by atoms with E-state index in [4.69, 9.17) is 0 Å². The predicted octanol–water partition coefficient (Wildman–Crippen LogP) is 2.57. The van der Waals surface area contributed by atoms with Crippen molar-refractivity contribution in [2.75, 3.05) is 7.05 Å². The topological polar surface area (TPSA) is 58.2 Å². The Kier molecular flexibility index (Phi) is 5.23. The molecule has 6 heteroatoms. The quantitative estimate of drug-likeness (QED) is 0.878. The van der Waals surface area contributed by atoms with Gasteiger partial charge in [0.2, 0.25) is 10.0 Å². The zero-order valence-electron chi connectivity index (χ0n) is 12.3. The maximum Gasteiger partial charge on any atom is 0.241 e. The molecule has 4 nitrogen and oxygen atoms in total. The first-order valence-electron chi connectivity index (χ1n) is 7.15. The third kappa shape index (κ3) is 3.81. The summed E-state index contributed by atoms with van der Waals surface area (Å²) in [6.45, 7) is 4.99. The molecule has 2 rings (SSSR count). The average Bonchev–Trinajstić information content (AvgIpc) is 2.76. The van der Waals surface area contributed by atoms with Gasteiger partial charge in [-0.3, -0.25) is 0 Å². The minimum absolute atomic E-state index is 0.0704. The molecule has 0 aliphatic heterocycles. The second-order valence-corrected chi connectivity index (χ2v) is 8.66. The molecular formula is C14H24N2O2S2. The van der Waals surface area contributed by atoms with Crippen LogP contribution < -0.4 is 10.0 Å². The molecule has 2 atom stereocenters. The molecule has 1 aliphatic carbocycles. The van der Waals surface area contributed by atoms with E-state index in [9.17, 15) is 8.42 Å². The molecular weight excluding hydrogens is 292 g/mol. The highest BCUT2D eigenvalue weighted by atomic mass is 32.2. The maximum absolute atomic E-state index is 12.5. The van der Waals surface area contributed by atoms with E-state index in [0.717, 1.165) is 17.7 Å². The van der Waals surface area contributed by atoms with Gasteiger partial charge in [0.05, 0.1) is 4.90 Å². The smallest absolute Gasteiger partial charge is 0.241 e. The molecule has 0 bridgehead atoms. The Morgan fingerprint density at radius 3 is 2.50 bits per heavy atom. The lowest BCUT2D eigenvalue weighted by Crippen LogP contribution is -2.40. The molecule has 114 valence electrons. The van der Waals surface area contributed by atoms with Crippen LogP contribution in [0.25, 0.3) is 0 Å². The molecule has 1 aliphatic rings. The monoisotopic (exact) mass is 316 g/mol. The van der Waals surface area contributed by atoms with Crippen LogP contribution in [-0.2, 0) is 16.6 Å². The molecule has 2 unspecified atom stereocenters. The van der Waals surface area contributed by atoms with E-state index in [-0.39, 0.29) is 6.04 Å². The van der Waals surface area contributed by atoms with Gasteiger partial charge in [0.1, 0.15) is 0 Å². The number of rotatable bonds is 5. The van der Waals surface area contributed by atoms with Gasteiger partial charge in [-0.2, -0.15) is 0 Å². The van der Waals surface area contributed by atoms with E-state index in [1.165, 1.54) is 17.8 Å². The van der Waals surface area contributed by atoms with Crippen molar-refractivity contribution < 1.29 is 8.42 Å². The van der Waals surface area contributed by atoms with E-state index in [1.54, 1.807) is 6.07 Å². The summed E-state index contributed by atoms with van der Waals surface area (Å²) in [5.74, 6) is 1.18. The van der Waals surface area contributed by atoms with Crippen LogP contribution in [0.3, 0.4) is 0 Å². The van der Waals surface area contributed by atoms with E-state index >= 15 is 0 Å². The molecule has 0 radical (unpaired) electrons. The summed E-state index contributed by atoms with van der Waals surface area (Å²) in [5, 5.41) is 4.86. The normalized spacial score (nSPS) is 27.6. The van der Waals surface area contributed by atoms with E-state index in [1.807, 2.05) is 12.4 Å². The summed E-state index contributed by atoms with van der Waals surface area (Å²) >= 11 is 1.48. The van der Waals surface area contributed by atoms with Gasteiger partial charge in [0.15, 0.2) is 0 Å². The Bertz CT molecular complexity index is 529. The summed E-state index contributed by atoms with van der Waals surface area (Å²) in [4.78, 5) is 1.31. The molecule has 20 heavy (non-hydrogen) atoms. The van der Waals surface area contributed by atoms with Gasteiger partial charge in [-0.05, 0) is 49.6 Å². The van der Waals surface area contributed by atoms with Gasteiger partial charge in [-0.25, -0.2) is 13.1 Å². The van der Waals surface area contributed by atoms with Crippen LogP contribution in [0.1, 0.15) is 38.0 Å². The lowest BCUT2D eigenvalue weighted by Gasteiger charge is -2.31. The van der Waals surface area contributed by atoms with Gasteiger partial charge in [0.25, 0.3) is 0 Å². The van der Waals surface area contributed by atoms with Gasteiger partial charge < -0.3 is 5.32 Å². The van der Waals surface area contributed by atoms with Crippen LogP contribution >= 0.6 is 11.3 Å². The van der Waals surface area contributed by atoms with Crippen LogP contribution in [0, 0.1) is 11.8 Å². The molecule has 0 saturated heterocycles. The summed E-state index contributed by atoms with van der Waals surface area (Å²) in [7, 11) is -1.57. The number of thiophene rings is 1. The van der Waals surface area contributed by atoms with Crippen molar-refractivity contribution in [2.24, 2.45) is 11.8 Å². The Balaban J connectivity index is 2.12. The fourth-order valence-electron chi connectivity index (χ4n) is 3.18. The summed E-state index contributed by atoms with van der Waals surface area (Å²) in [6, 6.07) is 1.77. The van der Waals surface area contributed by atoms with Gasteiger partial charge in [0, 0.05) is 17.5 Å². The average molecular weight is 316 g/mol. The zero-order valence-corrected chi connectivity index (χ0v) is 14.0. The van der Waals surface area contributed by atoms with Crippen molar-refractivity contribution >= 4 is 21.4 Å². The Labute approximate surface area is 126 Å². The standard InChI is InChI=1S/C14H24N2O2S2/c1-10-6-11(2)8-12(7-10)16-20(17,18)14-4-5-19-13(14)9-15-3/h4-5,10-12,15-16H,6-9H2,1-3H3. The summed E-state index contributed by atoms with van der Waals surface area (Å²) in [5.41, 5.74) is 0. The van der Waals surface area contributed by atoms with Crippen LogP contribution in [0.5, 0.6) is 0 Å². The van der Waals surface area contributed by atoms with Crippen LogP contribution in [-0.4, -0.2) is 21.5 Å². The van der Waals surface area contributed by atoms with E-state index < -0.39 is 10.0 Å². The largest absolute Gasteiger partial charge is 0.315 e. The van der Waals surface area contributed by atoms with E-state index in [0.29, 0.717) is 23.3 Å². The highest BCUT2D eigenvalue weighted by Gasteiger charge is 2.29. The second-order valence-electron chi connectivity index (χ2n) is 5.97. The van der Waals surface area contributed by atoms with Gasteiger partial charge in [-0.1, -0.05) is 13.8 Å². The fraction of sp³-hybridized carbons (Fsp3) is 0.714. The summed E-state index contributed by atoms with van der Waals surface area (Å²) < 4.78 is 28.0.